The van der Waals surface area contributed by atoms with Crippen molar-refractivity contribution in [2.24, 2.45) is 0 Å². The fraction of sp³-hybridized carbons (Fsp3) is 0.333. The van der Waals surface area contributed by atoms with Crippen LogP contribution in [-0.4, -0.2) is 7.05 Å². The molecule has 0 saturated heterocycles. The van der Waals surface area contributed by atoms with Crippen LogP contribution in [0.4, 0.5) is 0 Å². The maximum Gasteiger partial charge on any atom is 0.130 e. The van der Waals surface area contributed by atoms with E-state index in [-0.39, 0.29) is 0 Å². The molecule has 0 amide bonds. The van der Waals surface area contributed by atoms with Crippen LogP contribution in [0.15, 0.2) is 36.4 Å². The van der Waals surface area contributed by atoms with Gasteiger partial charge >= 0.3 is 0 Å². The highest BCUT2D eigenvalue weighted by atomic mass is 35.5. The van der Waals surface area contributed by atoms with Crippen molar-refractivity contribution in [3.05, 3.63) is 58.1 Å². The predicted octanol–water partition coefficient (Wildman–Crippen LogP) is 5.28. The second-order valence-electron chi connectivity index (χ2n) is 5.57. The molecule has 2 nitrogen and oxygen atoms in total. The van der Waals surface area contributed by atoms with E-state index in [1.165, 1.54) is 5.56 Å². The number of benzene rings is 2. The fourth-order valence-electron chi connectivity index (χ4n) is 2.23. The SMILES string of the molecule is CNCc1ccc(Oc2cc(C(C)C)c(Cl)cc2C)cc1. The summed E-state index contributed by atoms with van der Waals surface area (Å²) in [5.41, 5.74) is 3.40. The average molecular weight is 304 g/mol. The van der Waals surface area contributed by atoms with E-state index in [0.717, 1.165) is 34.2 Å². The molecule has 0 aliphatic rings. The Labute approximate surface area is 132 Å². The minimum Gasteiger partial charge on any atom is -0.457 e. The molecule has 112 valence electrons. The topological polar surface area (TPSA) is 21.3 Å². The van der Waals surface area contributed by atoms with E-state index in [2.05, 4.69) is 31.3 Å². The molecule has 0 fully saturated rings. The fourth-order valence-corrected chi connectivity index (χ4v) is 2.66. The molecule has 3 heteroatoms. The summed E-state index contributed by atoms with van der Waals surface area (Å²) >= 11 is 6.29. The maximum atomic E-state index is 6.29. The van der Waals surface area contributed by atoms with Crippen molar-refractivity contribution < 1.29 is 4.74 Å². The van der Waals surface area contributed by atoms with Crippen LogP contribution in [0, 0.1) is 6.92 Å². The van der Waals surface area contributed by atoms with Gasteiger partial charge in [0.2, 0.25) is 0 Å². The number of halogens is 1. The van der Waals surface area contributed by atoms with E-state index >= 15 is 0 Å². The molecule has 0 aliphatic heterocycles. The second kappa shape index (κ2) is 6.97. The molecule has 0 aromatic heterocycles. The van der Waals surface area contributed by atoms with Gasteiger partial charge in [-0.1, -0.05) is 37.6 Å². The Kier molecular flexibility index (Phi) is 5.27. The number of hydrogen-bond acceptors (Lipinski definition) is 2. The van der Waals surface area contributed by atoms with Crippen LogP contribution < -0.4 is 10.1 Å². The summed E-state index contributed by atoms with van der Waals surface area (Å²) in [5, 5.41) is 3.94. The number of nitrogens with one attached hydrogen (secondary N) is 1. The van der Waals surface area contributed by atoms with Gasteiger partial charge in [0.05, 0.1) is 0 Å². The van der Waals surface area contributed by atoms with Gasteiger partial charge in [0.15, 0.2) is 0 Å². The number of rotatable bonds is 5. The van der Waals surface area contributed by atoms with Crippen molar-refractivity contribution in [3.63, 3.8) is 0 Å². The van der Waals surface area contributed by atoms with Crippen LogP contribution in [0.1, 0.15) is 36.5 Å². The van der Waals surface area contributed by atoms with E-state index in [9.17, 15) is 0 Å². The summed E-state index contributed by atoms with van der Waals surface area (Å²) in [6.07, 6.45) is 0. The summed E-state index contributed by atoms with van der Waals surface area (Å²) in [6, 6.07) is 12.2. The number of ether oxygens (including phenoxy) is 1. The first kappa shape index (κ1) is 15.9. The zero-order valence-electron chi connectivity index (χ0n) is 13.0. The molecular weight excluding hydrogens is 282 g/mol. The molecular formula is C18H22ClNO. The Morgan fingerprint density at radius 2 is 1.81 bits per heavy atom. The lowest BCUT2D eigenvalue weighted by Gasteiger charge is -2.14. The first-order valence-corrected chi connectivity index (χ1v) is 7.60. The maximum absolute atomic E-state index is 6.29. The molecule has 1 N–H and O–H groups in total. The molecule has 0 saturated carbocycles. The van der Waals surface area contributed by atoms with Crippen molar-refractivity contribution in [3.8, 4) is 11.5 Å². The lowest BCUT2D eigenvalue weighted by Crippen LogP contribution is -2.04. The first-order chi connectivity index (χ1) is 10.0. The Hall–Kier alpha value is -1.51. The van der Waals surface area contributed by atoms with Gasteiger partial charge in [-0.25, -0.2) is 0 Å². The minimum atomic E-state index is 0.374. The minimum absolute atomic E-state index is 0.374. The highest BCUT2D eigenvalue weighted by molar-refractivity contribution is 6.31. The van der Waals surface area contributed by atoms with E-state index < -0.39 is 0 Å². The summed E-state index contributed by atoms with van der Waals surface area (Å²) in [5.74, 6) is 2.08. The van der Waals surface area contributed by atoms with Gasteiger partial charge in [0, 0.05) is 11.6 Å². The van der Waals surface area contributed by atoms with Crippen LogP contribution in [0.2, 0.25) is 5.02 Å². The summed E-state index contributed by atoms with van der Waals surface area (Å²) in [6.45, 7) is 7.14. The van der Waals surface area contributed by atoms with Crippen molar-refractivity contribution in [1.82, 2.24) is 5.32 Å². The lowest BCUT2D eigenvalue weighted by atomic mass is 10.0. The van der Waals surface area contributed by atoms with Crippen LogP contribution in [0.5, 0.6) is 11.5 Å². The van der Waals surface area contributed by atoms with Crippen molar-refractivity contribution in [2.45, 2.75) is 33.2 Å². The largest absolute Gasteiger partial charge is 0.457 e. The molecule has 2 aromatic rings. The molecule has 2 aromatic carbocycles. The van der Waals surface area contributed by atoms with Gasteiger partial charge in [0.25, 0.3) is 0 Å². The van der Waals surface area contributed by atoms with Gasteiger partial charge in [-0.2, -0.15) is 0 Å². The quantitative estimate of drug-likeness (QED) is 0.811. The van der Waals surface area contributed by atoms with Crippen LogP contribution in [0.3, 0.4) is 0 Å². The van der Waals surface area contributed by atoms with E-state index in [1.54, 1.807) is 0 Å². The number of hydrogen-bond donors (Lipinski definition) is 1. The van der Waals surface area contributed by atoms with Gasteiger partial charge in [0.1, 0.15) is 11.5 Å². The highest BCUT2D eigenvalue weighted by Gasteiger charge is 2.10. The summed E-state index contributed by atoms with van der Waals surface area (Å²) in [4.78, 5) is 0. The molecule has 21 heavy (non-hydrogen) atoms. The third-order valence-electron chi connectivity index (χ3n) is 3.45. The summed E-state index contributed by atoms with van der Waals surface area (Å²) < 4.78 is 6.01. The smallest absolute Gasteiger partial charge is 0.130 e. The monoisotopic (exact) mass is 303 g/mol. The zero-order chi connectivity index (χ0) is 15.4. The third-order valence-corrected chi connectivity index (χ3v) is 3.78. The van der Waals surface area contributed by atoms with Crippen molar-refractivity contribution >= 4 is 11.6 Å². The molecule has 0 heterocycles. The molecule has 0 radical (unpaired) electrons. The molecule has 2 rings (SSSR count). The van der Waals surface area contributed by atoms with Gasteiger partial charge in [-0.3, -0.25) is 0 Å². The lowest BCUT2D eigenvalue weighted by molar-refractivity contribution is 0.477. The second-order valence-corrected chi connectivity index (χ2v) is 5.98. The van der Waals surface area contributed by atoms with E-state index in [0.29, 0.717) is 5.92 Å². The Bertz CT molecular complexity index is 605. The zero-order valence-corrected chi connectivity index (χ0v) is 13.8. The Morgan fingerprint density at radius 1 is 1.14 bits per heavy atom. The van der Waals surface area contributed by atoms with E-state index in [1.807, 2.05) is 38.2 Å². The van der Waals surface area contributed by atoms with Crippen LogP contribution in [0.25, 0.3) is 0 Å². The van der Waals surface area contributed by atoms with Gasteiger partial charge in [-0.05, 0) is 60.8 Å². The molecule has 0 aliphatic carbocycles. The molecule has 0 bridgehead atoms. The Balaban J connectivity index is 2.24. The predicted molar refractivity (Wildman–Crippen MR) is 89.6 cm³/mol. The third kappa shape index (κ3) is 3.99. The molecule has 0 atom stereocenters. The standard InChI is InChI=1S/C18H22ClNO/c1-12(2)16-10-18(13(3)9-17(16)19)21-15-7-5-14(6-8-15)11-20-4/h5-10,12,20H,11H2,1-4H3. The van der Waals surface area contributed by atoms with Crippen molar-refractivity contribution in [1.29, 1.82) is 0 Å². The number of aryl methyl sites for hydroxylation is 1. The molecule has 0 unspecified atom stereocenters. The van der Waals surface area contributed by atoms with Crippen molar-refractivity contribution in [2.75, 3.05) is 7.05 Å². The van der Waals surface area contributed by atoms with E-state index in [4.69, 9.17) is 16.3 Å². The Morgan fingerprint density at radius 3 is 2.38 bits per heavy atom. The highest BCUT2D eigenvalue weighted by Crippen LogP contribution is 2.33. The first-order valence-electron chi connectivity index (χ1n) is 7.22. The summed E-state index contributed by atoms with van der Waals surface area (Å²) in [7, 11) is 1.94. The normalized spacial score (nSPS) is 11.0. The average Bonchev–Trinajstić information content (AvgIpc) is 2.43. The van der Waals surface area contributed by atoms with Gasteiger partial charge in [-0.15, -0.1) is 0 Å². The van der Waals surface area contributed by atoms with Crippen LogP contribution in [-0.2, 0) is 6.54 Å². The molecule has 0 spiro atoms. The van der Waals surface area contributed by atoms with Crippen LogP contribution >= 0.6 is 11.6 Å². The van der Waals surface area contributed by atoms with Gasteiger partial charge < -0.3 is 10.1 Å².